The molecule has 0 amide bonds. The Labute approximate surface area is 91.9 Å². The zero-order valence-corrected chi connectivity index (χ0v) is 9.65. The second kappa shape index (κ2) is 5.29. The Morgan fingerprint density at radius 1 is 1.62 bits per heavy atom. The Morgan fingerprint density at radius 3 is 3.00 bits per heavy atom. The maximum absolute atomic E-state index is 12.8. The molecule has 0 atom stereocenters. The van der Waals surface area contributed by atoms with Crippen LogP contribution in [0.2, 0.25) is 0 Å². The van der Waals surface area contributed by atoms with Gasteiger partial charge in [0.1, 0.15) is 5.69 Å². The Morgan fingerprint density at radius 2 is 2.38 bits per heavy atom. The van der Waals surface area contributed by atoms with Crippen LogP contribution in [0.5, 0.6) is 5.88 Å². The topological polar surface area (TPSA) is 22.1 Å². The van der Waals surface area contributed by atoms with Crippen LogP contribution in [0, 0.1) is 17.0 Å². The van der Waals surface area contributed by atoms with Crippen LogP contribution in [0.1, 0.15) is 5.69 Å². The van der Waals surface area contributed by atoms with Crippen molar-refractivity contribution in [1.82, 2.24) is 4.98 Å². The molecule has 13 heavy (non-hydrogen) atoms. The van der Waals surface area contributed by atoms with Crippen molar-refractivity contribution in [3.8, 4) is 17.1 Å². The predicted octanol–water partition coefficient (Wildman–Crippen LogP) is 2.62. The first-order valence-corrected chi connectivity index (χ1v) is 6.63. The van der Waals surface area contributed by atoms with Gasteiger partial charge >= 0.3 is 0 Å². The average Bonchev–Trinajstić information content (AvgIpc) is 2.16. The molecule has 0 unspecified atom stereocenters. The van der Waals surface area contributed by atoms with Crippen LogP contribution >= 0.6 is 30.1 Å². The molecule has 1 aromatic rings. The summed E-state index contributed by atoms with van der Waals surface area (Å²) in [7, 11) is 2.72. The summed E-state index contributed by atoms with van der Waals surface area (Å²) in [6.45, 7) is 0. The highest BCUT2D eigenvalue weighted by Crippen LogP contribution is 2.13. The molecule has 68 valence electrons. The van der Waals surface area contributed by atoms with Gasteiger partial charge in [-0.1, -0.05) is 0 Å². The molecule has 0 aromatic carbocycles. The van der Waals surface area contributed by atoms with Crippen molar-refractivity contribution in [2.75, 3.05) is 7.11 Å². The fourth-order valence-corrected chi connectivity index (χ4v) is 1.18. The van der Waals surface area contributed by atoms with Gasteiger partial charge in [0.15, 0.2) is 5.82 Å². The Kier molecular flexibility index (Phi) is 4.32. The lowest BCUT2D eigenvalue weighted by atomic mass is 10.3. The van der Waals surface area contributed by atoms with E-state index in [9.17, 15) is 4.39 Å². The number of ether oxygens (including phenoxy) is 1. The third-order valence-corrected chi connectivity index (χ3v) is 2.06. The number of pyridine rings is 1. The van der Waals surface area contributed by atoms with E-state index in [0.29, 0.717) is 5.69 Å². The van der Waals surface area contributed by atoms with Gasteiger partial charge < -0.3 is 4.74 Å². The number of hydrogen-bond acceptors (Lipinski definition) is 3. The Hall–Kier alpha value is -0.480. The smallest absolute Gasteiger partial charge is 0.251 e. The van der Waals surface area contributed by atoms with E-state index in [1.54, 1.807) is 0 Å². The molecule has 5 heteroatoms. The van der Waals surface area contributed by atoms with Crippen molar-refractivity contribution in [3.05, 3.63) is 23.6 Å². The second-order valence-corrected chi connectivity index (χ2v) is 3.67. The summed E-state index contributed by atoms with van der Waals surface area (Å²) >= 11 is 2.05. The van der Waals surface area contributed by atoms with Gasteiger partial charge in [-0.3, -0.25) is 0 Å². The molecule has 0 saturated carbocycles. The summed E-state index contributed by atoms with van der Waals surface area (Å²) in [5.41, 5.74) is 0.502. The van der Waals surface area contributed by atoms with Crippen molar-refractivity contribution >= 4 is 30.1 Å². The molecular weight excluding hydrogens is 304 g/mol. The van der Waals surface area contributed by atoms with Crippen LogP contribution in [0.3, 0.4) is 0 Å². The van der Waals surface area contributed by atoms with E-state index in [2.05, 4.69) is 16.2 Å². The number of halogens is 2. The minimum absolute atomic E-state index is 0.0229. The van der Waals surface area contributed by atoms with Crippen LogP contribution < -0.4 is 4.74 Å². The number of hydrogen-bond donors (Lipinski definition) is 0. The average molecular weight is 309 g/mol. The molecule has 0 bridgehead atoms. The van der Waals surface area contributed by atoms with E-state index in [1.165, 1.54) is 28.2 Å². The first kappa shape index (κ1) is 10.6. The molecule has 1 rings (SSSR count). The second-order valence-electron chi connectivity index (χ2n) is 1.99. The van der Waals surface area contributed by atoms with E-state index in [4.69, 9.17) is 4.74 Å². The highest BCUT2D eigenvalue weighted by atomic mass is 127. The van der Waals surface area contributed by atoms with Crippen molar-refractivity contribution < 1.29 is 9.13 Å². The molecule has 0 aliphatic carbocycles. The number of aromatic nitrogens is 1. The Bertz CT molecular complexity index is 361. The predicted molar refractivity (Wildman–Crippen MR) is 59.2 cm³/mol. The van der Waals surface area contributed by atoms with Gasteiger partial charge in [-0.2, -0.15) is 0 Å². The highest BCUT2D eigenvalue weighted by Gasteiger charge is 2.02. The van der Waals surface area contributed by atoms with E-state index >= 15 is 0 Å². The van der Waals surface area contributed by atoms with E-state index in [1.807, 2.05) is 21.2 Å². The standard InChI is InChI=1S/C8H5FINOS/c1-12-8-7(9)3-2-6(11-8)4-5-13-10/h2-3H,1H3. The summed E-state index contributed by atoms with van der Waals surface area (Å²) in [6.07, 6.45) is 0. The van der Waals surface area contributed by atoms with Crippen LogP contribution in [-0.4, -0.2) is 12.1 Å². The molecule has 0 fully saturated rings. The fraction of sp³-hybridized carbons (Fsp3) is 0.125. The fourth-order valence-electron chi connectivity index (χ4n) is 0.708. The summed E-state index contributed by atoms with van der Waals surface area (Å²) in [4.78, 5) is 3.84. The maximum atomic E-state index is 12.8. The van der Waals surface area contributed by atoms with Crippen LogP contribution in [0.15, 0.2) is 12.1 Å². The quantitative estimate of drug-likeness (QED) is 0.588. The lowest BCUT2D eigenvalue weighted by Crippen LogP contribution is -1.93. The molecule has 0 aliphatic heterocycles. The summed E-state index contributed by atoms with van der Waals surface area (Å²) < 4.78 is 17.6. The SMILES string of the molecule is COc1nc(C#CSI)ccc1F. The van der Waals surface area contributed by atoms with E-state index in [-0.39, 0.29) is 5.88 Å². The zero-order chi connectivity index (χ0) is 9.68. The lowest BCUT2D eigenvalue weighted by Gasteiger charge is -1.99. The molecule has 0 saturated heterocycles. The minimum Gasteiger partial charge on any atom is -0.479 e. The first-order valence-electron chi connectivity index (χ1n) is 3.27. The zero-order valence-electron chi connectivity index (χ0n) is 6.67. The lowest BCUT2D eigenvalue weighted by molar-refractivity contribution is 0.368. The van der Waals surface area contributed by atoms with Gasteiger partial charge in [-0.25, -0.2) is 9.37 Å². The molecule has 0 N–H and O–H groups in total. The van der Waals surface area contributed by atoms with Gasteiger partial charge in [0.25, 0.3) is 5.88 Å². The summed E-state index contributed by atoms with van der Waals surface area (Å²) in [5, 5.41) is 2.75. The highest BCUT2D eigenvalue weighted by molar-refractivity contribution is 14.2. The van der Waals surface area contributed by atoms with Gasteiger partial charge in [0, 0.05) is 21.2 Å². The molecule has 2 nitrogen and oxygen atoms in total. The largest absolute Gasteiger partial charge is 0.479 e. The number of rotatable bonds is 1. The van der Waals surface area contributed by atoms with E-state index < -0.39 is 5.82 Å². The van der Waals surface area contributed by atoms with Gasteiger partial charge in [0.05, 0.1) is 7.11 Å². The van der Waals surface area contributed by atoms with E-state index in [0.717, 1.165) is 0 Å². The normalized spacial score (nSPS) is 8.85. The molecule has 0 aliphatic rings. The van der Waals surface area contributed by atoms with Crippen molar-refractivity contribution in [3.63, 3.8) is 0 Å². The summed E-state index contributed by atoms with van der Waals surface area (Å²) in [6, 6.07) is 2.80. The third-order valence-electron chi connectivity index (χ3n) is 1.22. The van der Waals surface area contributed by atoms with Crippen molar-refractivity contribution in [2.24, 2.45) is 0 Å². The number of methoxy groups -OCH3 is 1. The summed E-state index contributed by atoms with van der Waals surface area (Å²) in [5.74, 6) is 2.24. The van der Waals surface area contributed by atoms with Gasteiger partial charge in [0.2, 0.25) is 0 Å². The molecule has 0 spiro atoms. The first-order chi connectivity index (χ1) is 6.27. The van der Waals surface area contributed by atoms with Crippen molar-refractivity contribution in [1.29, 1.82) is 0 Å². The number of nitrogens with zero attached hydrogens (tertiary/aromatic N) is 1. The third kappa shape index (κ3) is 3.04. The molecule has 0 radical (unpaired) electrons. The van der Waals surface area contributed by atoms with Gasteiger partial charge in [-0.05, 0) is 32.2 Å². The van der Waals surface area contributed by atoms with Gasteiger partial charge in [-0.15, -0.1) is 0 Å². The molecule has 1 aromatic heterocycles. The monoisotopic (exact) mass is 309 g/mol. The molecular formula is C8H5FINOS. The molecule has 1 heterocycles. The van der Waals surface area contributed by atoms with Crippen LogP contribution in [-0.2, 0) is 0 Å². The Balaban J connectivity index is 2.99. The van der Waals surface area contributed by atoms with Crippen molar-refractivity contribution in [2.45, 2.75) is 0 Å². The minimum atomic E-state index is -0.477. The maximum Gasteiger partial charge on any atom is 0.251 e. The van der Waals surface area contributed by atoms with Crippen LogP contribution in [0.25, 0.3) is 0 Å². The van der Waals surface area contributed by atoms with Crippen LogP contribution in [0.4, 0.5) is 4.39 Å².